The van der Waals surface area contributed by atoms with Crippen molar-refractivity contribution in [1.82, 2.24) is 0 Å². The number of anilines is 1. The van der Waals surface area contributed by atoms with E-state index >= 15 is 0 Å². The summed E-state index contributed by atoms with van der Waals surface area (Å²) in [6.07, 6.45) is 0. The van der Waals surface area contributed by atoms with Crippen molar-refractivity contribution in [3.8, 4) is 17.6 Å². The van der Waals surface area contributed by atoms with Gasteiger partial charge in [0.2, 0.25) is 0 Å². The van der Waals surface area contributed by atoms with Gasteiger partial charge in [0.1, 0.15) is 17.6 Å². The van der Waals surface area contributed by atoms with Gasteiger partial charge in [0.15, 0.2) is 0 Å². The first-order chi connectivity index (χ1) is 8.60. The summed E-state index contributed by atoms with van der Waals surface area (Å²) >= 11 is 0. The van der Waals surface area contributed by atoms with Crippen LogP contribution in [0.25, 0.3) is 0 Å². The molecule has 2 N–H and O–H groups in total. The quantitative estimate of drug-likeness (QED) is 0.814. The molecule has 18 heavy (non-hydrogen) atoms. The third-order valence-electron chi connectivity index (χ3n) is 2.86. The van der Waals surface area contributed by atoms with Gasteiger partial charge < -0.3 is 10.5 Å². The van der Waals surface area contributed by atoms with Crippen LogP contribution in [0.1, 0.15) is 16.7 Å². The van der Waals surface area contributed by atoms with Gasteiger partial charge in [-0.05, 0) is 49.2 Å². The molecule has 2 aromatic carbocycles. The van der Waals surface area contributed by atoms with E-state index in [0.29, 0.717) is 17.0 Å². The van der Waals surface area contributed by atoms with Crippen molar-refractivity contribution in [3.63, 3.8) is 0 Å². The van der Waals surface area contributed by atoms with Crippen molar-refractivity contribution < 1.29 is 4.74 Å². The average molecular weight is 238 g/mol. The van der Waals surface area contributed by atoms with Crippen LogP contribution in [0.4, 0.5) is 5.69 Å². The smallest absolute Gasteiger partial charge is 0.129 e. The Hall–Kier alpha value is -2.47. The van der Waals surface area contributed by atoms with Gasteiger partial charge in [0.25, 0.3) is 0 Å². The number of nitriles is 1. The minimum absolute atomic E-state index is 0.429. The molecule has 3 nitrogen and oxygen atoms in total. The normalized spacial score (nSPS) is 9.83. The van der Waals surface area contributed by atoms with Gasteiger partial charge in [-0.15, -0.1) is 0 Å². The van der Waals surface area contributed by atoms with Gasteiger partial charge >= 0.3 is 0 Å². The van der Waals surface area contributed by atoms with E-state index in [2.05, 4.69) is 6.92 Å². The molecule has 0 aliphatic carbocycles. The molecule has 0 spiro atoms. The summed E-state index contributed by atoms with van der Waals surface area (Å²) in [6.45, 7) is 4.09. The SMILES string of the molecule is Cc1ccc(Oc2ccc(C#N)c(N)c2)cc1C. The van der Waals surface area contributed by atoms with Crippen LogP contribution in [0.5, 0.6) is 11.5 Å². The highest BCUT2D eigenvalue weighted by Gasteiger charge is 2.03. The minimum atomic E-state index is 0.429. The van der Waals surface area contributed by atoms with E-state index < -0.39 is 0 Å². The number of benzene rings is 2. The van der Waals surface area contributed by atoms with Crippen molar-refractivity contribution in [1.29, 1.82) is 5.26 Å². The fraction of sp³-hybridized carbons (Fsp3) is 0.133. The van der Waals surface area contributed by atoms with E-state index in [-0.39, 0.29) is 0 Å². The summed E-state index contributed by atoms with van der Waals surface area (Å²) in [5.74, 6) is 1.40. The Morgan fingerprint density at radius 2 is 1.67 bits per heavy atom. The Kier molecular flexibility index (Phi) is 3.20. The maximum Gasteiger partial charge on any atom is 0.129 e. The zero-order valence-electron chi connectivity index (χ0n) is 10.4. The fourth-order valence-corrected chi connectivity index (χ4v) is 1.62. The number of rotatable bonds is 2. The van der Waals surface area contributed by atoms with Crippen LogP contribution in [0.3, 0.4) is 0 Å². The van der Waals surface area contributed by atoms with Crippen LogP contribution >= 0.6 is 0 Å². The highest BCUT2D eigenvalue weighted by atomic mass is 16.5. The second-order valence-electron chi connectivity index (χ2n) is 4.21. The first-order valence-electron chi connectivity index (χ1n) is 5.65. The molecule has 0 amide bonds. The van der Waals surface area contributed by atoms with Gasteiger partial charge in [-0.1, -0.05) is 6.07 Å². The minimum Gasteiger partial charge on any atom is -0.457 e. The Morgan fingerprint density at radius 3 is 2.28 bits per heavy atom. The molecule has 0 bridgehead atoms. The molecular weight excluding hydrogens is 224 g/mol. The molecule has 0 radical (unpaired) electrons. The van der Waals surface area contributed by atoms with Crippen molar-refractivity contribution in [2.45, 2.75) is 13.8 Å². The van der Waals surface area contributed by atoms with Crippen molar-refractivity contribution >= 4 is 5.69 Å². The fourth-order valence-electron chi connectivity index (χ4n) is 1.62. The lowest BCUT2D eigenvalue weighted by Gasteiger charge is -2.08. The molecule has 0 saturated carbocycles. The summed E-state index contributed by atoms with van der Waals surface area (Å²) in [6, 6.07) is 13.0. The van der Waals surface area contributed by atoms with Crippen LogP contribution in [0, 0.1) is 25.2 Å². The zero-order valence-corrected chi connectivity index (χ0v) is 10.4. The van der Waals surface area contributed by atoms with Gasteiger partial charge in [-0.25, -0.2) is 0 Å². The Labute approximate surface area is 106 Å². The lowest BCUT2D eigenvalue weighted by molar-refractivity contribution is 0.482. The van der Waals surface area contributed by atoms with Crippen LogP contribution in [-0.4, -0.2) is 0 Å². The number of nitrogens with zero attached hydrogens (tertiary/aromatic N) is 1. The number of nitrogen functional groups attached to an aromatic ring is 1. The molecule has 0 aliphatic rings. The molecule has 0 unspecified atom stereocenters. The Morgan fingerprint density at radius 1 is 1.00 bits per heavy atom. The van der Waals surface area contributed by atoms with E-state index in [4.69, 9.17) is 15.7 Å². The molecular formula is C15H14N2O. The summed E-state index contributed by atoms with van der Waals surface area (Å²) in [4.78, 5) is 0. The predicted molar refractivity (Wildman–Crippen MR) is 71.6 cm³/mol. The summed E-state index contributed by atoms with van der Waals surface area (Å²) < 4.78 is 5.71. The van der Waals surface area contributed by atoms with E-state index in [1.165, 1.54) is 11.1 Å². The van der Waals surface area contributed by atoms with Crippen molar-refractivity contribution in [3.05, 3.63) is 53.1 Å². The van der Waals surface area contributed by atoms with Crippen LogP contribution in [-0.2, 0) is 0 Å². The molecule has 0 saturated heterocycles. The third-order valence-corrected chi connectivity index (χ3v) is 2.86. The predicted octanol–water partition coefficient (Wildman–Crippen LogP) is 3.55. The maximum absolute atomic E-state index is 8.80. The van der Waals surface area contributed by atoms with E-state index in [1.807, 2.05) is 31.2 Å². The van der Waals surface area contributed by atoms with Gasteiger partial charge in [-0.3, -0.25) is 0 Å². The van der Waals surface area contributed by atoms with Crippen LogP contribution in [0.2, 0.25) is 0 Å². The lowest BCUT2D eigenvalue weighted by atomic mass is 10.1. The van der Waals surface area contributed by atoms with Crippen molar-refractivity contribution in [2.24, 2.45) is 0 Å². The number of nitrogens with two attached hydrogens (primary N) is 1. The molecule has 0 aromatic heterocycles. The molecule has 2 aromatic rings. The topological polar surface area (TPSA) is 59.0 Å². The van der Waals surface area contributed by atoms with E-state index in [0.717, 1.165) is 5.75 Å². The summed E-state index contributed by atoms with van der Waals surface area (Å²) in [5.41, 5.74) is 9.03. The first kappa shape index (κ1) is 12.0. The van der Waals surface area contributed by atoms with Gasteiger partial charge in [0, 0.05) is 6.07 Å². The monoisotopic (exact) mass is 238 g/mol. The molecule has 0 fully saturated rings. The lowest BCUT2D eigenvalue weighted by Crippen LogP contribution is -1.92. The van der Waals surface area contributed by atoms with Crippen molar-refractivity contribution in [2.75, 3.05) is 5.73 Å². The van der Waals surface area contributed by atoms with Gasteiger partial charge in [0.05, 0.1) is 11.3 Å². The van der Waals surface area contributed by atoms with E-state index in [9.17, 15) is 0 Å². The standard InChI is InChI=1S/C15H14N2O/c1-10-3-5-13(7-11(10)2)18-14-6-4-12(9-16)15(17)8-14/h3-8H,17H2,1-2H3. The Balaban J connectivity index is 2.26. The number of aryl methyl sites for hydroxylation is 2. The highest BCUT2D eigenvalue weighted by Crippen LogP contribution is 2.26. The van der Waals surface area contributed by atoms with Crippen LogP contribution in [0.15, 0.2) is 36.4 Å². The summed E-state index contributed by atoms with van der Waals surface area (Å²) in [5, 5.41) is 8.80. The highest BCUT2D eigenvalue weighted by molar-refractivity contribution is 5.57. The number of hydrogen-bond donors (Lipinski definition) is 1. The van der Waals surface area contributed by atoms with E-state index in [1.54, 1.807) is 18.2 Å². The molecule has 0 aliphatic heterocycles. The zero-order chi connectivity index (χ0) is 13.1. The summed E-state index contributed by atoms with van der Waals surface area (Å²) in [7, 11) is 0. The molecule has 2 rings (SSSR count). The Bertz CT molecular complexity index is 627. The molecule has 3 heteroatoms. The molecule has 0 atom stereocenters. The molecule has 90 valence electrons. The largest absolute Gasteiger partial charge is 0.457 e. The number of ether oxygens (including phenoxy) is 1. The second-order valence-corrected chi connectivity index (χ2v) is 4.21. The van der Waals surface area contributed by atoms with Crippen LogP contribution < -0.4 is 10.5 Å². The average Bonchev–Trinajstić information content (AvgIpc) is 2.34. The number of hydrogen-bond acceptors (Lipinski definition) is 3. The second kappa shape index (κ2) is 4.80. The maximum atomic E-state index is 8.80. The third kappa shape index (κ3) is 2.44. The first-order valence-corrected chi connectivity index (χ1v) is 5.65. The molecule has 0 heterocycles. The van der Waals surface area contributed by atoms with Gasteiger partial charge in [-0.2, -0.15) is 5.26 Å².